The van der Waals surface area contributed by atoms with Crippen LogP contribution in [0.3, 0.4) is 0 Å². The molecule has 0 unspecified atom stereocenters. The van der Waals surface area contributed by atoms with Gasteiger partial charge in [0.05, 0.1) is 32.2 Å². The number of hydrogen-bond acceptors (Lipinski definition) is 15. The van der Waals surface area contributed by atoms with E-state index in [-0.39, 0.29) is 34.7 Å². The topological polar surface area (TPSA) is 243 Å². The third kappa shape index (κ3) is 5.42. The first-order valence-electron chi connectivity index (χ1n) is 12.8. The van der Waals surface area contributed by atoms with E-state index in [2.05, 4.69) is 54.4 Å². The number of nitrogen functional groups attached to an aromatic ring is 1. The lowest BCUT2D eigenvalue weighted by molar-refractivity contribution is -0.0560. The maximum Gasteiger partial charge on any atom is 0.386 e. The summed E-state index contributed by atoms with van der Waals surface area (Å²) in [5, 5.41) is 0. The minimum absolute atomic E-state index is 0.0267. The summed E-state index contributed by atoms with van der Waals surface area (Å²) >= 11 is 8.10. The second-order valence-electron chi connectivity index (χ2n) is 9.95. The molecule has 3 aliphatic rings. The number of halogens is 1. The molecule has 7 heterocycles. The Labute approximate surface area is 254 Å². The van der Waals surface area contributed by atoms with Crippen molar-refractivity contribution in [3.8, 4) is 0 Å². The highest BCUT2D eigenvalue weighted by atomic mass is 32.7. The molecule has 24 heteroatoms. The number of imidazole rings is 2. The van der Waals surface area contributed by atoms with Crippen LogP contribution in [0.2, 0.25) is 0 Å². The maximum atomic E-state index is 15.8. The average molecular weight is 694 g/mol. The standard InChI is InChI=1S/C20H22FN9O10P2S2/c21-11-9-3-36-41(33,43)39-7-1-10(29-5-25-12-15(29)23-4-24-17(12)31)37-8(7)2-35-42(34,44)40-14(11)19(38-9)30-6-26-13-16(30)27-20(22)28-18(13)32/h4-11,14,19H,1-3H2,(H,33,43)(H,34,44)(H,23,24,31)(H3,22,27,28,32)/t7-,8+,9+,10+,11+,14+,19+,41+,42+/m0/s1. The van der Waals surface area contributed by atoms with Crippen molar-refractivity contribution in [2.75, 3.05) is 18.9 Å². The fraction of sp³-hybridized carbons (Fsp3) is 0.500. The number of nitrogens with two attached hydrogens (primary N) is 1. The SMILES string of the molecule is Nc1nc2c(ncn2[C@@H]2O[C@@H]3CO[P@@](=O)(S)O[C@H]4C[C@H](n5cnc6c(=O)[nH]cnc65)O[C@@H]4CO[P@@](=O)(S)O[C@@H]2[C@@H]3F)c(=O)[nH]1. The van der Waals surface area contributed by atoms with Crippen LogP contribution in [-0.2, 0) is 36.7 Å². The van der Waals surface area contributed by atoms with E-state index in [1.54, 1.807) is 0 Å². The molecule has 0 aromatic carbocycles. The van der Waals surface area contributed by atoms with E-state index in [0.29, 0.717) is 0 Å². The third-order valence-electron chi connectivity index (χ3n) is 7.17. The summed E-state index contributed by atoms with van der Waals surface area (Å²) in [7, 11) is 0. The van der Waals surface area contributed by atoms with Gasteiger partial charge in [0.25, 0.3) is 11.1 Å². The van der Waals surface area contributed by atoms with Gasteiger partial charge in [0, 0.05) is 6.42 Å². The molecule has 4 N–H and O–H groups in total. The number of aromatic amines is 2. The molecule has 4 aromatic rings. The van der Waals surface area contributed by atoms with Gasteiger partial charge in [-0.05, 0) is 0 Å². The van der Waals surface area contributed by atoms with Crippen molar-refractivity contribution >= 4 is 66.4 Å². The molecule has 7 rings (SSSR count). The lowest BCUT2D eigenvalue weighted by Crippen LogP contribution is -2.32. The van der Waals surface area contributed by atoms with Gasteiger partial charge in [0.2, 0.25) is 5.95 Å². The van der Waals surface area contributed by atoms with Crippen LogP contribution in [0.25, 0.3) is 22.3 Å². The van der Waals surface area contributed by atoms with Crippen molar-refractivity contribution in [1.82, 2.24) is 39.0 Å². The number of alkyl halides is 1. The third-order valence-corrected chi connectivity index (χ3v) is 10.4. The molecule has 0 aliphatic carbocycles. The van der Waals surface area contributed by atoms with E-state index >= 15 is 4.39 Å². The summed E-state index contributed by atoms with van der Waals surface area (Å²) in [6, 6.07) is 0. The van der Waals surface area contributed by atoms with Gasteiger partial charge >= 0.3 is 13.6 Å². The number of nitrogens with zero attached hydrogens (tertiary/aromatic N) is 6. The quantitative estimate of drug-likeness (QED) is 0.147. The van der Waals surface area contributed by atoms with Crippen LogP contribution in [-0.4, -0.2) is 82.8 Å². The molecule has 0 radical (unpaired) electrons. The first kappa shape index (κ1) is 30.0. The van der Waals surface area contributed by atoms with E-state index in [1.165, 1.54) is 21.8 Å². The number of anilines is 1. The Morgan fingerprint density at radius 1 is 0.909 bits per heavy atom. The van der Waals surface area contributed by atoms with Gasteiger partial charge in [-0.2, -0.15) is 4.98 Å². The minimum Gasteiger partial charge on any atom is -0.369 e. The highest BCUT2D eigenvalue weighted by molar-refractivity contribution is 8.44. The number of fused-ring (bicyclic) bond motifs is 5. The van der Waals surface area contributed by atoms with Gasteiger partial charge in [0.15, 0.2) is 34.7 Å². The predicted molar refractivity (Wildman–Crippen MR) is 153 cm³/mol. The molecular formula is C20H22FN9O10P2S2. The van der Waals surface area contributed by atoms with Gasteiger partial charge in [-0.3, -0.25) is 41.8 Å². The molecule has 236 valence electrons. The molecule has 3 fully saturated rings. The molecule has 0 saturated carbocycles. The average Bonchev–Trinajstić information content (AvgIpc) is 3.72. The lowest BCUT2D eigenvalue weighted by atomic mass is 10.1. The van der Waals surface area contributed by atoms with Crippen LogP contribution >= 0.6 is 38.1 Å². The normalized spacial score (nSPS) is 36.6. The summed E-state index contributed by atoms with van der Waals surface area (Å²) < 4.78 is 79.2. The number of H-pyrrole nitrogens is 2. The van der Waals surface area contributed by atoms with Crippen LogP contribution in [0, 0.1) is 0 Å². The fourth-order valence-electron chi connectivity index (χ4n) is 5.22. The Hall–Kier alpha value is -2.65. The Kier molecular flexibility index (Phi) is 7.51. The molecule has 9 atom stereocenters. The monoisotopic (exact) mass is 693 g/mol. The number of rotatable bonds is 2. The van der Waals surface area contributed by atoms with Gasteiger partial charge in [-0.1, -0.05) is 24.5 Å². The highest BCUT2D eigenvalue weighted by Crippen LogP contribution is 2.60. The van der Waals surface area contributed by atoms with E-state index in [4.69, 9.17) is 33.3 Å². The molecule has 3 aliphatic heterocycles. The van der Waals surface area contributed by atoms with Gasteiger partial charge in [-0.25, -0.2) is 28.5 Å². The van der Waals surface area contributed by atoms with Crippen LogP contribution in [0.1, 0.15) is 18.9 Å². The highest BCUT2D eigenvalue weighted by Gasteiger charge is 2.52. The molecule has 3 saturated heterocycles. The fourth-order valence-corrected chi connectivity index (χ4v) is 8.20. The van der Waals surface area contributed by atoms with Crippen molar-refractivity contribution in [1.29, 1.82) is 0 Å². The number of thiol groups is 2. The number of hydrogen-bond donors (Lipinski definition) is 5. The number of aromatic nitrogens is 8. The van der Waals surface area contributed by atoms with Gasteiger partial charge < -0.3 is 20.2 Å². The number of nitrogens with one attached hydrogen (secondary N) is 2. The zero-order chi connectivity index (χ0) is 31.0. The summed E-state index contributed by atoms with van der Waals surface area (Å²) in [5.74, 6) is -0.245. The van der Waals surface area contributed by atoms with Crippen molar-refractivity contribution < 1.29 is 41.1 Å². The Balaban J connectivity index is 1.19. The second kappa shape index (κ2) is 11.0. The minimum atomic E-state index is -4.38. The van der Waals surface area contributed by atoms with E-state index < -0.39 is 81.0 Å². The zero-order valence-electron chi connectivity index (χ0n) is 21.9. The number of ether oxygens (including phenoxy) is 2. The first-order valence-corrected chi connectivity index (χ1v) is 18.2. The zero-order valence-corrected chi connectivity index (χ0v) is 25.5. The van der Waals surface area contributed by atoms with Crippen LogP contribution in [0.15, 0.2) is 28.6 Å². The van der Waals surface area contributed by atoms with Crippen LogP contribution < -0.4 is 16.9 Å². The molecule has 19 nitrogen and oxygen atoms in total. The van der Waals surface area contributed by atoms with Gasteiger partial charge in [0.1, 0.15) is 30.6 Å². The van der Waals surface area contributed by atoms with Crippen molar-refractivity contribution in [2.24, 2.45) is 0 Å². The smallest absolute Gasteiger partial charge is 0.369 e. The molecular weight excluding hydrogens is 671 g/mol. The largest absolute Gasteiger partial charge is 0.386 e. The Bertz CT molecular complexity index is 1970. The van der Waals surface area contributed by atoms with Gasteiger partial charge in [-0.15, -0.1) is 0 Å². The molecule has 2 bridgehead atoms. The summed E-state index contributed by atoms with van der Waals surface area (Å²) in [6.07, 6.45) is -5.78. The molecule has 4 aromatic heterocycles. The Morgan fingerprint density at radius 2 is 1.59 bits per heavy atom. The van der Waals surface area contributed by atoms with Crippen LogP contribution in [0.4, 0.5) is 10.3 Å². The van der Waals surface area contributed by atoms with E-state index in [9.17, 15) is 18.7 Å². The van der Waals surface area contributed by atoms with Crippen molar-refractivity contribution in [2.45, 2.75) is 49.5 Å². The predicted octanol–water partition coefficient (Wildman–Crippen LogP) is 1.25. The Morgan fingerprint density at radius 3 is 2.36 bits per heavy atom. The molecule has 0 amide bonds. The molecule has 44 heavy (non-hydrogen) atoms. The van der Waals surface area contributed by atoms with Crippen LogP contribution in [0.5, 0.6) is 0 Å². The van der Waals surface area contributed by atoms with Crippen molar-refractivity contribution in [3.63, 3.8) is 0 Å². The summed E-state index contributed by atoms with van der Waals surface area (Å²) in [4.78, 5) is 45.4. The van der Waals surface area contributed by atoms with Crippen molar-refractivity contribution in [3.05, 3.63) is 39.7 Å². The summed E-state index contributed by atoms with van der Waals surface area (Å²) in [6.45, 7) is -9.71. The lowest BCUT2D eigenvalue weighted by Gasteiger charge is -2.26. The second-order valence-corrected chi connectivity index (χ2v) is 15.7. The van der Waals surface area contributed by atoms with E-state index in [1.807, 2.05) is 0 Å². The maximum absolute atomic E-state index is 15.8. The first-order chi connectivity index (χ1) is 20.9. The molecule has 0 spiro atoms. The van der Waals surface area contributed by atoms with E-state index in [0.717, 1.165) is 6.33 Å². The summed E-state index contributed by atoms with van der Waals surface area (Å²) in [5.41, 5.74) is 4.62.